The van der Waals surface area contributed by atoms with Crippen molar-refractivity contribution in [3.8, 4) is 5.75 Å². The van der Waals surface area contributed by atoms with Crippen molar-refractivity contribution < 1.29 is 23.6 Å². The van der Waals surface area contributed by atoms with Gasteiger partial charge in [-0.05, 0) is 19.1 Å². The summed E-state index contributed by atoms with van der Waals surface area (Å²) in [6.45, 7) is 5.39. The zero-order valence-electron chi connectivity index (χ0n) is 15.8. The average Bonchev–Trinajstić information content (AvgIpc) is 3.07. The van der Waals surface area contributed by atoms with E-state index >= 15 is 0 Å². The normalized spacial score (nSPS) is 16.7. The molecule has 0 spiro atoms. The largest absolute Gasteiger partial charge is 0.488 e. The molecule has 2 heterocycles. The summed E-state index contributed by atoms with van der Waals surface area (Å²) in [6.07, 6.45) is -0.718. The van der Waals surface area contributed by atoms with E-state index in [1.807, 2.05) is 4.90 Å². The first-order valence-electron chi connectivity index (χ1n) is 9.23. The third kappa shape index (κ3) is 6.01. The Bertz CT molecular complexity index is 777. The molecule has 1 aliphatic heterocycles. The van der Waals surface area contributed by atoms with Gasteiger partial charge < -0.3 is 19.7 Å². The molecule has 152 valence electrons. The summed E-state index contributed by atoms with van der Waals surface area (Å²) in [7, 11) is 0. The Morgan fingerprint density at radius 1 is 1.32 bits per heavy atom. The number of piperazine rings is 1. The third-order valence-corrected chi connectivity index (χ3v) is 4.46. The summed E-state index contributed by atoms with van der Waals surface area (Å²) in [5.41, 5.74) is 0. The Labute approximate surface area is 162 Å². The number of carbonyl (C=O) groups is 1. The van der Waals surface area contributed by atoms with Crippen molar-refractivity contribution in [3.63, 3.8) is 0 Å². The van der Waals surface area contributed by atoms with Gasteiger partial charge in [0.05, 0.1) is 6.54 Å². The highest BCUT2D eigenvalue weighted by Gasteiger charge is 2.21. The number of aliphatic hydroxyl groups is 1. The molecule has 1 amide bonds. The molecule has 0 radical (unpaired) electrons. The van der Waals surface area contributed by atoms with E-state index in [1.165, 1.54) is 12.1 Å². The highest BCUT2D eigenvalue weighted by Crippen LogP contribution is 2.15. The van der Waals surface area contributed by atoms with Crippen molar-refractivity contribution in [3.05, 3.63) is 41.9 Å². The Balaban J connectivity index is 1.34. The molecular formula is C19H25FN4O4. The van der Waals surface area contributed by atoms with E-state index in [4.69, 9.17) is 9.26 Å². The van der Waals surface area contributed by atoms with Crippen LogP contribution >= 0.6 is 0 Å². The number of aliphatic hydroxyl groups excluding tert-OH is 1. The summed E-state index contributed by atoms with van der Waals surface area (Å²) < 4.78 is 23.8. The number of aryl methyl sites for hydroxylation is 1. The number of amides is 1. The first-order valence-corrected chi connectivity index (χ1v) is 9.23. The van der Waals surface area contributed by atoms with Crippen LogP contribution in [0, 0.1) is 12.7 Å². The van der Waals surface area contributed by atoms with Crippen LogP contribution in [0.1, 0.15) is 5.76 Å². The van der Waals surface area contributed by atoms with Crippen LogP contribution in [0.5, 0.6) is 5.75 Å². The fourth-order valence-electron chi connectivity index (χ4n) is 3.04. The van der Waals surface area contributed by atoms with Gasteiger partial charge in [-0.2, -0.15) is 0 Å². The number of anilines is 1. The molecule has 1 aromatic carbocycles. The van der Waals surface area contributed by atoms with Crippen molar-refractivity contribution in [1.29, 1.82) is 0 Å². The Morgan fingerprint density at radius 3 is 2.71 bits per heavy atom. The van der Waals surface area contributed by atoms with Gasteiger partial charge >= 0.3 is 0 Å². The van der Waals surface area contributed by atoms with Crippen LogP contribution in [0.25, 0.3) is 0 Å². The zero-order valence-corrected chi connectivity index (χ0v) is 15.8. The van der Waals surface area contributed by atoms with Crippen LogP contribution in [0.2, 0.25) is 0 Å². The van der Waals surface area contributed by atoms with Crippen LogP contribution < -0.4 is 10.1 Å². The summed E-state index contributed by atoms with van der Waals surface area (Å²) in [4.78, 5) is 16.2. The number of halogens is 1. The molecule has 0 unspecified atom stereocenters. The fraction of sp³-hybridized carbons (Fsp3) is 0.474. The Morgan fingerprint density at radius 2 is 2.04 bits per heavy atom. The van der Waals surface area contributed by atoms with Gasteiger partial charge in [-0.25, -0.2) is 4.39 Å². The summed E-state index contributed by atoms with van der Waals surface area (Å²) in [6, 6.07) is 7.79. The number of nitrogens with zero attached hydrogens (tertiary/aromatic N) is 3. The van der Waals surface area contributed by atoms with Crippen LogP contribution in [0.4, 0.5) is 10.2 Å². The molecule has 0 saturated carbocycles. The van der Waals surface area contributed by atoms with Gasteiger partial charge in [0.25, 0.3) is 0 Å². The van der Waals surface area contributed by atoms with E-state index in [9.17, 15) is 14.3 Å². The minimum absolute atomic E-state index is 0.0284. The Hall–Kier alpha value is -2.49. The molecule has 1 aliphatic rings. The minimum atomic E-state index is -0.718. The number of benzene rings is 1. The van der Waals surface area contributed by atoms with Gasteiger partial charge in [-0.15, -0.1) is 0 Å². The Kier molecular flexibility index (Phi) is 6.96. The number of hydrogen-bond donors (Lipinski definition) is 2. The second-order valence-corrected chi connectivity index (χ2v) is 6.84. The molecule has 28 heavy (non-hydrogen) atoms. The molecule has 2 aromatic rings. The van der Waals surface area contributed by atoms with Crippen molar-refractivity contribution >= 4 is 11.7 Å². The van der Waals surface area contributed by atoms with Crippen molar-refractivity contribution in [2.24, 2.45) is 0 Å². The second-order valence-electron chi connectivity index (χ2n) is 6.84. The van der Waals surface area contributed by atoms with E-state index in [0.29, 0.717) is 31.2 Å². The van der Waals surface area contributed by atoms with E-state index in [2.05, 4.69) is 15.4 Å². The van der Waals surface area contributed by atoms with Crippen LogP contribution in [-0.4, -0.2) is 77.9 Å². The highest BCUT2D eigenvalue weighted by molar-refractivity contribution is 5.91. The van der Waals surface area contributed by atoms with E-state index in [0.717, 1.165) is 13.1 Å². The smallest absolute Gasteiger partial charge is 0.239 e. The molecular weight excluding hydrogens is 367 g/mol. The standard InChI is InChI=1S/C19H25FN4O4/c1-14-10-18(22-28-14)21-19(26)12-24-8-6-23(7-9-24)11-15(25)13-27-17-5-3-2-4-16(17)20/h2-5,10,15,25H,6-9,11-13H2,1H3,(H,21,22,26)/t15-/m0/s1. The first-order chi connectivity index (χ1) is 13.5. The first kappa shape index (κ1) is 20.2. The average molecular weight is 392 g/mol. The number of nitrogens with one attached hydrogen (secondary N) is 1. The number of rotatable bonds is 8. The van der Waals surface area contributed by atoms with Gasteiger partial charge in [-0.3, -0.25) is 14.6 Å². The van der Waals surface area contributed by atoms with E-state index < -0.39 is 11.9 Å². The summed E-state index contributed by atoms with van der Waals surface area (Å²) in [5, 5.41) is 16.6. The molecule has 3 rings (SSSR count). The lowest BCUT2D eigenvalue weighted by Gasteiger charge is -2.35. The molecule has 9 heteroatoms. The van der Waals surface area contributed by atoms with Gasteiger partial charge in [-0.1, -0.05) is 17.3 Å². The lowest BCUT2D eigenvalue weighted by Crippen LogP contribution is -2.50. The van der Waals surface area contributed by atoms with Gasteiger partial charge in [0.2, 0.25) is 5.91 Å². The molecule has 1 atom stereocenters. The fourth-order valence-corrected chi connectivity index (χ4v) is 3.04. The SMILES string of the molecule is Cc1cc(NC(=O)CN2CCN(C[C@H](O)COc3ccccc3F)CC2)no1. The third-order valence-electron chi connectivity index (χ3n) is 4.46. The van der Waals surface area contributed by atoms with Crippen molar-refractivity contribution in [2.45, 2.75) is 13.0 Å². The van der Waals surface area contributed by atoms with Crippen LogP contribution in [0.3, 0.4) is 0 Å². The number of carbonyl (C=O) groups excluding carboxylic acids is 1. The van der Waals surface area contributed by atoms with Crippen molar-refractivity contribution in [1.82, 2.24) is 15.0 Å². The van der Waals surface area contributed by atoms with Gasteiger partial charge in [0, 0.05) is 38.8 Å². The van der Waals surface area contributed by atoms with Gasteiger partial charge in [0.1, 0.15) is 18.5 Å². The number of β-amino-alcohol motifs (C(OH)–C–C–N with tert-alkyl or cyclic N) is 1. The predicted molar refractivity (Wildman–Crippen MR) is 101 cm³/mol. The van der Waals surface area contributed by atoms with Crippen LogP contribution in [-0.2, 0) is 4.79 Å². The van der Waals surface area contributed by atoms with Gasteiger partial charge in [0.15, 0.2) is 17.4 Å². The highest BCUT2D eigenvalue weighted by atomic mass is 19.1. The molecule has 2 N–H and O–H groups in total. The minimum Gasteiger partial charge on any atom is -0.488 e. The maximum Gasteiger partial charge on any atom is 0.239 e. The monoisotopic (exact) mass is 392 g/mol. The summed E-state index contributed by atoms with van der Waals surface area (Å²) >= 11 is 0. The quantitative estimate of drug-likeness (QED) is 0.696. The van der Waals surface area contributed by atoms with Crippen molar-refractivity contribution in [2.75, 3.05) is 51.2 Å². The van der Waals surface area contributed by atoms with E-state index in [1.54, 1.807) is 25.1 Å². The van der Waals surface area contributed by atoms with Crippen LogP contribution in [0.15, 0.2) is 34.9 Å². The molecule has 1 fully saturated rings. The maximum atomic E-state index is 13.5. The predicted octanol–water partition coefficient (Wildman–Crippen LogP) is 1.12. The van der Waals surface area contributed by atoms with E-state index in [-0.39, 0.29) is 24.8 Å². The lowest BCUT2D eigenvalue weighted by molar-refractivity contribution is -0.117. The summed E-state index contributed by atoms with van der Waals surface area (Å²) in [5.74, 6) is 0.614. The lowest BCUT2D eigenvalue weighted by atomic mass is 10.2. The molecule has 8 nitrogen and oxygen atoms in total. The molecule has 0 aliphatic carbocycles. The maximum absolute atomic E-state index is 13.5. The topological polar surface area (TPSA) is 91.1 Å². The molecule has 1 aromatic heterocycles. The zero-order chi connectivity index (χ0) is 19.9. The number of ether oxygens (including phenoxy) is 1. The second kappa shape index (κ2) is 9.63. The number of para-hydroxylation sites is 1. The molecule has 1 saturated heterocycles. The molecule has 0 bridgehead atoms. The number of hydrogen-bond acceptors (Lipinski definition) is 7. The number of aromatic nitrogens is 1.